The Hall–Kier alpha value is -1.89. The summed E-state index contributed by atoms with van der Waals surface area (Å²) in [5, 5.41) is 12.2. The van der Waals surface area contributed by atoms with Crippen molar-refractivity contribution in [1.82, 2.24) is 10.1 Å². The van der Waals surface area contributed by atoms with E-state index in [0.29, 0.717) is 18.8 Å². The Labute approximate surface area is 103 Å². The van der Waals surface area contributed by atoms with Crippen LogP contribution in [0.15, 0.2) is 10.6 Å². The van der Waals surface area contributed by atoms with Crippen molar-refractivity contribution in [3.63, 3.8) is 0 Å². The molecule has 0 saturated carbocycles. The van der Waals surface area contributed by atoms with Crippen LogP contribution in [0.25, 0.3) is 0 Å². The first-order chi connectivity index (χ1) is 8.39. The molecule has 1 aromatic rings. The average Bonchev–Trinajstić information content (AvgIpc) is 2.68. The molecular weight excluding hydrogens is 240 g/mol. The van der Waals surface area contributed by atoms with Gasteiger partial charge in [-0.05, 0) is 13.8 Å². The summed E-state index contributed by atoms with van der Waals surface area (Å²) in [4.78, 5) is 23.8. The number of ether oxygens (including phenoxy) is 1. The van der Waals surface area contributed by atoms with Gasteiger partial charge in [0.1, 0.15) is 12.2 Å². The molecule has 7 heteroatoms. The third kappa shape index (κ3) is 2.51. The Morgan fingerprint density at radius 3 is 2.78 bits per heavy atom. The second-order valence-electron chi connectivity index (χ2n) is 4.63. The van der Waals surface area contributed by atoms with Gasteiger partial charge in [0.15, 0.2) is 0 Å². The van der Waals surface area contributed by atoms with Crippen LogP contribution >= 0.6 is 0 Å². The van der Waals surface area contributed by atoms with Crippen molar-refractivity contribution in [1.29, 1.82) is 0 Å². The normalized spacial score (nSPS) is 17.3. The van der Waals surface area contributed by atoms with Gasteiger partial charge in [0.25, 0.3) is 5.91 Å². The lowest BCUT2D eigenvalue weighted by Gasteiger charge is -2.46. The highest BCUT2D eigenvalue weighted by molar-refractivity contribution is 5.92. The second-order valence-corrected chi connectivity index (χ2v) is 4.63. The standard InChI is InChI=1S/C11H14N2O5/c1-7-3-8(18-12-7)10(16)13-5-11(2,6-13)17-4-9(14)15/h3H,4-6H2,1-2H3,(H,14,15). The molecule has 1 fully saturated rings. The fraction of sp³-hybridized carbons (Fsp3) is 0.545. The molecule has 0 radical (unpaired) electrons. The number of aliphatic carboxylic acids is 1. The molecular formula is C11H14N2O5. The number of hydrogen-bond acceptors (Lipinski definition) is 5. The smallest absolute Gasteiger partial charge is 0.329 e. The highest BCUT2D eigenvalue weighted by Gasteiger charge is 2.43. The van der Waals surface area contributed by atoms with Crippen molar-refractivity contribution in [3.8, 4) is 0 Å². The van der Waals surface area contributed by atoms with Gasteiger partial charge in [-0.1, -0.05) is 5.16 Å². The van der Waals surface area contributed by atoms with E-state index in [1.807, 2.05) is 0 Å². The molecule has 1 aromatic heterocycles. The monoisotopic (exact) mass is 254 g/mol. The van der Waals surface area contributed by atoms with Crippen LogP contribution in [0.4, 0.5) is 0 Å². The number of amides is 1. The number of carbonyl (C=O) groups is 2. The number of likely N-dealkylation sites (tertiary alicyclic amines) is 1. The lowest BCUT2D eigenvalue weighted by Crippen LogP contribution is -2.63. The third-order valence-corrected chi connectivity index (χ3v) is 2.72. The quantitative estimate of drug-likeness (QED) is 0.830. The van der Waals surface area contributed by atoms with Gasteiger partial charge in [-0.25, -0.2) is 4.79 Å². The molecule has 0 bridgehead atoms. The maximum atomic E-state index is 11.9. The molecule has 0 atom stereocenters. The van der Waals surface area contributed by atoms with Crippen molar-refractivity contribution >= 4 is 11.9 Å². The molecule has 0 spiro atoms. The van der Waals surface area contributed by atoms with Gasteiger partial charge in [-0.3, -0.25) is 4.79 Å². The van der Waals surface area contributed by atoms with Gasteiger partial charge < -0.3 is 19.3 Å². The molecule has 7 nitrogen and oxygen atoms in total. The SMILES string of the molecule is Cc1cc(C(=O)N2CC(C)(OCC(=O)O)C2)on1. The van der Waals surface area contributed by atoms with Crippen molar-refractivity contribution in [2.75, 3.05) is 19.7 Å². The zero-order chi connectivity index (χ0) is 13.3. The molecule has 1 amide bonds. The van der Waals surface area contributed by atoms with Crippen LogP contribution in [-0.2, 0) is 9.53 Å². The van der Waals surface area contributed by atoms with Crippen LogP contribution in [0.1, 0.15) is 23.2 Å². The summed E-state index contributed by atoms with van der Waals surface area (Å²) < 4.78 is 10.1. The number of carboxylic acid groups (broad SMARTS) is 1. The van der Waals surface area contributed by atoms with E-state index in [1.165, 1.54) is 4.90 Å². The Balaban J connectivity index is 1.88. The van der Waals surface area contributed by atoms with Gasteiger partial charge >= 0.3 is 5.97 Å². The van der Waals surface area contributed by atoms with E-state index in [2.05, 4.69) is 5.16 Å². The fourth-order valence-corrected chi connectivity index (χ4v) is 1.85. The largest absolute Gasteiger partial charge is 0.480 e. The molecule has 18 heavy (non-hydrogen) atoms. The van der Waals surface area contributed by atoms with Crippen LogP contribution in [-0.4, -0.2) is 52.3 Å². The number of carbonyl (C=O) groups excluding carboxylic acids is 1. The van der Waals surface area contributed by atoms with E-state index < -0.39 is 11.6 Å². The van der Waals surface area contributed by atoms with Crippen LogP contribution in [0, 0.1) is 6.92 Å². The minimum Gasteiger partial charge on any atom is -0.480 e. The average molecular weight is 254 g/mol. The number of carboxylic acids is 1. The summed E-state index contributed by atoms with van der Waals surface area (Å²) in [5.41, 5.74) is 0.0482. The van der Waals surface area contributed by atoms with Gasteiger partial charge in [-0.2, -0.15) is 0 Å². The molecule has 2 heterocycles. The van der Waals surface area contributed by atoms with E-state index in [0.717, 1.165) is 0 Å². The highest BCUT2D eigenvalue weighted by Crippen LogP contribution is 2.26. The van der Waals surface area contributed by atoms with Crippen molar-refractivity contribution in [2.24, 2.45) is 0 Å². The van der Waals surface area contributed by atoms with Gasteiger partial charge in [0.2, 0.25) is 5.76 Å². The Morgan fingerprint density at radius 1 is 1.61 bits per heavy atom. The maximum absolute atomic E-state index is 11.9. The number of nitrogens with zero attached hydrogens (tertiary/aromatic N) is 2. The van der Waals surface area contributed by atoms with E-state index in [1.54, 1.807) is 19.9 Å². The number of hydrogen-bond donors (Lipinski definition) is 1. The summed E-state index contributed by atoms with van der Waals surface area (Å²) in [7, 11) is 0. The molecule has 1 aliphatic heterocycles. The summed E-state index contributed by atoms with van der Waals surface area (Å²) in [6.45, 7) is 3.83. The Morgan fingerprint density at radius 2 is 2.28 bits per heavy atom. The summed E-state index contributed by atoms with van der Waals surface area (Å²) in [6.07, 6.45) is 0. The summed E-state index contributed by atoms with van der Waals surface area (Å²) in [5.74, 6) is -1.09. The maximum Gasteiger partial charge on any atom is 0.329 e. The molecule has 1 N–H and O–H groups in total. The summed E-state index contributed by atoms with van der Waals surface area (Å²) in [6, 6.07) is 1.57. The topological polar surface area (TPSA) is 92.9 Å². The minimum absolute atomic E-state index is 0.188. The third-order valence-electron chi connectivity index (χ3n) is 2.72. The highest BCUT2D eigenvalue weighted by atomic mass is 16.5. The Bertz CT molecular complexity index is 476. The van der Waals surface area contributed by atoms with Crippen molar-refractivity contribution < 1.29 is 24.0 Å². The predicted molar refractivity (Wildman–Crippen MR) is 59.1 cm³/mol. The lowest BCUT2D eigenvalue weighted by atomic mass is 9.96. The fourth-order valence-electron chi connectivity index (χ4n) is 1.85. The second kappa shape index (κ2) is 4.41. The van der Waals surface area contributed by atoms with E-state index >= 15 is 0 Å². The first-order valence-electron chi connectivity index (χ1n) is 5.48. The van der Waals surface area contributed by atoms with Crippen LogP contribution in [0.5, 0.6) is 0 Å². The molecule has 0 unspecified atom stereocenters. The number of aromatic nitrogens is 1. The first-order valence-corrected chi connectivity index (χ1v) is 5.48. The molecule has 0 aliphatic carbocycles. The van der Waals surface area contributed by atoms with E-state index in [9.17, 15) is 9.59 Å². The van der Waals surface area contributed by atoms with Gasteiger partial charge in [-0.15, -0.1) is 0 Å². The Kier molecular flexibility index (Phi) is 3.08. The van der Waals surface area contributed by atoms with Crippen LogP contribution in [0.2, 0.25) is 0 Å². The van der Waals surface area contributed by atoms with Gasteiger partial charge in [0, 0.05) is 6.07 Å². The van der Waals surface area contributed by atoms with Crippen LogP contribution in [0.3, 0.4) is 0 Å². The number of aryl methyl sites for hydroxylation is 1. The van der Waals surface area contributed by atoms with Crippen molar-refractivity contribution in [2.45, 2.75) is 19.4 Å². The van der Waals surface area contributed by atoms with Crippen molar-refractivity contribution in [3.05, 3.63) is 17.5 Å². The first kappa shape index (κ1) is 12.6. The number of rotatable bonds is 4. The molecule has 0 aromatic carbocycles. The molecule has 98 valence electrons. The van der Waals surface area contributed by atoms with E-state index in [-0.39, 0.29) is 18.3 Å². The lowest BCUT2D eigenvalue weighted by molar-refractivity contribution is -0.160. The predicted octanol–water partition coefficient (Wildman–Crippen LogP) is 0.299. The molecule has 2 rings (SSSR count). The van der Waals surface area contributed by atoms with Crippen LogP contribution < -0.4 is 0 Å². The molecule has 1 aliphatic rings. The molecule has 1 saturated heterocycles. The zero-order valence-electron chi connectivity index (χ0n) is 10.2. The van der Waals surface area contributed by atoms with Gasteiger partial charge in [0.05, 0.1) is 18.8 Å². The summed E-state index contributed by atoms with van der Waals surface area (Å²) >= 11 is 0. The van der Waals surface area contributed by atoms with E-state index in [4.69, 9.17) is 14.4 Å². The zero-order valence-corrected chi connectivity index (χ0v) is 10.2. The minimum atomic E-state index is -1.02.